The summed E-state index contributed by atoms with van der Waals surface area (Å²) < 4.78 is 11.2. The first-order chi connectivity index (χ1) is 10.3. The van der Waals surface area contributed by atoms with Gasteiger partial charge in [0.25, 0.3) is 0 Å². The highest BCUT2D eigenvalue weighted by Gasteiger charge is 2.32. The summed E-state index contributed by atoms with van der Waals surface area (Å²) in [4.78, 5) is 0. The van der Waals surface area contributed by atoms with E-state index in [1.807, 2.05) is 6.20 Å². The molecule has 2 aromatic rings. The summed E-state index contributed by atoms with van der Waals surface area (Å²) >= 11 is 0. The van der Waals surface area contributed by atoms with E-state index >= 15 is 0 Å². The first kappa shape index (κ1) is 12.3. The molecule has 1 heterocycles. The Morgan fingerprint density at radius 1 is 1.14 bits per heavy atom. The normalized spacial score (nSPS) is 17.5. The molecule has 4 rings (SSSR count). The van der Waals surface area contributed by atoms with E-state index in [-0.39, 0.29) is 0 Å². The predicted octanol–water partition coefficient (Wildman–Crippen LogP) is 3.54. The van der Waals surface area contributed by atoms with Crippen molar-refractivity contribution >= 4 is 6.08 Å². The van der Waals surface area contributed by atoms with Crippen molar-refractivity contribution in [1.82, 2.24) is 5.32 Å². The molecule has 0 fully saturated rings. The summed E-state index contributed by atoms with van der Waals surface area (Å²) in [7, 11) is 3.40. The van der Waals surface area contributed by atoms with Crippen LogP contribution in [0.25, 0.3) is 17.2 Å². The topological polar surface area (TPSA) is 30.5 Å². The van der Waals surface area contributed by atoms with Crippen LogP contribution >= 0.6 is 0 Å². The zero-order chi connectivity index (χ0) is 14.4. The highest BCUT2D eigenvalue weighted by Crippen LogP contribution is 2.50. The molecule has 3 nitrogen and oxygen atoms in total. The standard InChI is InChI=1S/C18H17NO2/c1-20-15-10-12-7-8-19-14-9-11-5-3-4-6-13(11)17(16(12)14)18(15)21-2/h3-8,10,14,19H,9H2,1-2H3/t14-/m1/s1. The van der Waals surface area contributed by atoms with E-state index in [1.54, 1.807) is 14.2 Å². The lowest BCUT2D eigenvalue weighted by atomic mass is 9.78. The maximum absolute atomic E-state index is 5.69. The van der Waals surface area contributed by atoms with E-state index in [0.717, 1.165) is 23.5 Å². The molecule has 2 aromatic carbocycles. The fourth-order valence-electron chi connectivity index (χ4n) is 3.47. The van der Waals surface area contributed by atoms with E-state index in [0.29, 0.717) is 6.04 Å². The maximum Gasteiger partial charge on any atom is 0.168 e. The number of hydrogen-bond acceptors (Lipinski definition) is 3. The van der Waals surface area contributed by atoms with Gasteiger partial charge in [-0.2, -0.15) is 0 Å². The van der Waals surface area contributed by atoms with Crippen LogP contribution in [0.4, 0.5) is 0 Å². The third kappa shape index (κ3) is 1.67. The third-order valence-corrected chi connectivity index (χ3v) is 4.36. The lowest BCUT2D eigenvalue weighted by Gasteiger charge is -2.33. The smallest absolute Gasteiger partial charge is 0.168 e. The number of fused-ring (bicyclic) bond motifs is 2. The van der Waals surface area contributed by atoms with E-state index in [2.05, 4.69) is 41.7 Å². The van der Waals surface area contributed by atoms with Crippen LogP contribution in [-0.2, 0) is 6.42 Å². The van der Waals surface area contributed by atoms with Crippen LogP contribution in [0.1, 0.15) is 22.7 Å². The average Bonchev–Trinajstić information content (AvgIpc) is 2.54. The number of hydrogen-bond donors (Lipinski definition) is 1. The lowest BCUT2D eigenvalue weighted by Crippen LogP contribution is -2.26. The van der Waals surface area contributed by atoms with Gasteiger partial charge in [0, 0.05) is 5.56 Å². The van der Waals surface area contributed by atoms with Crippen LogP contribution in [0.2, 0.25) is 0 Å². The molecule has 0 bridgehead atoms. The maximum atomic E-state index is 5.69. The van der Waals surface area contributed by atoms with Gasteiger partial charge in [0.1, 0.15) is 0 Å². The molecule has 0 aromatic heterocycles. The summed E-state index contributed by atoms with van der Waals surface area (Å²) in [6, 6.07) is 10.9. The van der Waals surface area contributed by atoms with E-state index < -0.39 is 0 Å². The lowest BCUT2D eigenvalue weighted by molar-refractivity contribution is 0.354. The SMILES string of the molecule is COc1cc2c3c(c1OC)-c1ccccc1C[C@H]3NC=C2. The summed E-state index contributed by atoms with van der Waals surface area (Å²) in [5.41, 5.74) is 6.28. The largest absolute Gasteiger partial charge is 0.493 e. The summed E-state index contributed by atoms with van der Waals surface area (Å²) in [5, 5.41) is 3.47. The molecule has 0 unspecified atom stereocenters. The number of rotatable bonds is 2. The minimum Gasteiger partial charge on any atom is -0.493 e. The van der Waals surface area contributed by atoms with Gasteiger partial charge in [-0.1, -0.05) is 24.3 Å². The molecule has 1 aliphatic heterocycles. The van der Waals surface area contributed by atoms with Crippen molar-refractivity contribution in [3.05, 3.63) is 53.2 Å². The van der Waals surface area contributed by atoms with Crippen LogP contribution < -0.4 is 14.8 Å². The van der Waals surface area contributed by atoms with Gasteiger partial charge < -0.3 is 14.8 Å². The van der Waals surface area contributed by atoms with E-state index in [9.17, 15) is 0 Å². The van der Waals surface area contributed by atoms with E-state index in [1.165, 1.54) is 22.3 Å². The summed E-state index contributed by atoms with van der Waals surface area (Å²) in [6.45, 7) is 0. The molecule has 0 radical (unpaired) electrons. The van der Waals surface area contributed by atoms with Crippen molar-refractivity contribution < 1.29 is 9.47 Å². The van der Waals surface area contributed by atoms with Gasteiger partial charge in [0.2, 0.25) is 0 Å². The molecule has 3 heteroatoms. The van der Waals surface area contributed by atoms with Crippen molar-refractivity contribution in [2.45, 2.75) is 12.5 Å². The Balaban J connectivity index is 2.11. The second-order valence-electron chi connectivity index (χ2n) is 5.40. The van der Waals surface area contributed by atoms with Crippen molar-refractivity contribution in [1.29, 1.82) is 0 Å². The first-order valence-electron chi connectivity index (χ1n) is 7.13. The Morgan fingerprint density at radius 3 is 2.81 bits per heavy atom. The molecular weight excluding hydrogens is 262 g/mol. The molecule has 106 valence electrons. The Kier molecular flexibility index (Phi) is 2.67. The van der Waals surface area contributed by atoms with Crippen LogP contribution in [-0.4, -0.2) is 14.2 Å². The second kappa shape index (κ2) is 4.55. The Hall–Kier alpha value is -2.42. The third-order valence-electron chi connectivity index (χ3n) is 4.36. The number of methoxy groups -OCH3 is 2. The second-order valence-corrected chi connectivity index (χ2v) is 5.40. The van der Waals surface area contributed by atoms with Crippen LogP contribution in [0.5, 0.6) is 11.5 Å². The quantitative estimate of drug-likeness (QED) is 0.912. The number of ether oxygens (including phenoxy) is 2. The zero-order valence-corrected chi connectivity index (χ0v) is 12.1. The number of nitrogens with one attached hydrogen (secondary N) is 1. The van der Waals surface area contributed by atoms with Gasteiger partial charge in [-0.25, -0.2) is 0 Å². The molecule has 2 aliphatic rings. The zero-order valence-electron chi connectivity index (χ0n) is 12.1. The van der Waals surface area contributed by atoms with Gasteiger partial charge in [-0.15, -0.1) is 0 Å². The van der Waals surface area contributed by atoms with Crippen molar-refractivity contribution in [3.63, 3.8) is 0 Å². The van der Waals surface area contributed by atoms with Gasteiger partial charge in [-0.3, -0.25) is 0 Å². The van der Waals surface area contributed by atoms with Crippen molar-refractivity contribution in [3.8, 4) is 22.6 Å². The van der Waals surface area contributed by atoms with Gasteiger partial charge >= 0.3 is 0 Å². The van der Waals surface area contributed by atoms with Gasteiger partial charge in [0.15, 0.2) is 11.5 Å². The highest BCUT2D eigenvalue weighted by molar-refractivity contribution is 5.86. The predicted molar refractivity (Wildman–Crippen MR) is 83.6 cm³/mol. The molecule has 0 spiro atoms. The van der Waals surface area contributed by atoms with Gasteiger partial charge in [0.05, 0.1) is 20.3 Å². The fraction of sp³-hybridized carbons (Fsp3) is 0.222. The molecular formula is C18H17NO2. The molecule has 0 amide bonds. The molecule has 1 aliphatic carbocycles. The molecule has 0 saturated heterocycles. The van der Waals surface area contributed by atoms with Crippen LogP contribution in [0.3, 0.4) is 0 Å². The minimum atomic E-state index is 0.301. The highest BCUT2D eigenvalue weighted by atomic mass is 16.5. The molecule has 1 atom stereocenters. The van der Waals surface area contributed by atoms with E-state index in [4.69, 9.17) is 9.47 Å². The van der Waals surface area contributed by atoms with Crippen LogP contribution in [0, 0.1) is 0 Å². The minimum absolute atomic E-state index is 0.301. The monoisotopic (exact) mass is 279 g/mol. The number of benzene rings is 2. The molecule has 0 saturated carbocycles. The Morgan fingerprint density at radius 2 is 2.00 bits per heavy atom. The first-order valence-corrected chi connectivity index (χ1v) is 7.13. The van der Waals surface area contributed by atoms with Crippen molar-refractivity contribution in [2.75, 3.05) is 14.2 Å². The summed E-state index contributed by atoms with van der Waals surface area (Å²) in [6.07, 6.45) is 5.12. The summed E-state index contributed by atoms with van der Waals surface area (Å²) in [5.74, 6) is 1.61. The molecule has 1 N–H and O–H groups in total. The van der Waals surface area contributed by atoms with Gasteiger partial charge in [-0.05, 0) is 47.0 Å². The Bertz CT molecular complexity index is 749. The fourth-order valence-corrected chi connectivity index (χ4v) is 3.47. The Labute approximate surface area is 124 Å². The van der Waals surface area contributed by atoms with Crippen LogP contribution in [0.15, 0.2) is 36.5 Å². The average molecular weight is 279 g/mol. The molecule has 21 heavy (non-hydrogen) atoms. The van der Waals surface area contributed by atoms with Crippen molar-refractivity contribution in [2.24, 2.45) is 0 Å².